The summed E-state index contributed by atoms with van der Waals surface area (Å²) >= 11 is 0. The molecule has 2 heterocycles. The lowest BCUT2D eigenvalue weighted by Crippen LogP contribution is -2.54. The second-order valence-electron chi connectivity index (χ2n) is 12.2. The van der Waals surface area contributed by atoms with Crippen LogP contribution in [0.5, 0.6) is 0 Å². The van der Waals surface area contributed by atoms with Gasteiger partial charge >= 0.3 is 6.09 Å². The van der Waals surface area contributed by atoms with Gasteiger partial charge in [0.1, 0.15) is 11.6 Å². The molecular weight excluding hydrogens is 488 g/mol. The molecule has 1 unspecified atom stereocenters. The fourth-order valence-electron chi connectivity index (χ4n) is 6.44. The molecule has 1 aromatic rings. The molecule has 2 saturated carbocycles. The zero-order chi connectivity index (χ0) is 27.4. The molecule has 0 radical (unpaired) electrons. The Morgan fingerprint density at radius 3 is 2.39 bits per heavy atom. The minimum atomic E-state index is -0.978. The van der Waals surface area contributed by atoms with Gasteiger partial charge in [-0.1, -0.05) is 6.07 Å². The summed E-state index contributed by atoms with van der Waals surface area (Å²) in [5.41, 5.74) is 0.889. The maximum Gasteiger partial charge on any atom is 0.410 e. The number of fused-ring (bicyclic) bond motifs is 1. The Hall–Kier alpha value is -3.43. The van der Waals surface area contributed by atoms with Gasteiger partial charge in [0, 0.05) is 31.2 Å². The van der Waals surface area contributed by atoms with Crippen LogP contribution >= 0.6 is 0 Å². The van der Waals surface area contributed by atoms with Crippen LogP contribution in [0.4, 0.5) is 10.5 Å². The highest BCUT2D eigenvalue weighted by molar-refractivity contribution is 6.25. The van der Waals surface area contributed by atoms with Crippen LogP contribution in [0.15, 0.2) is 18.2 Å². The van der Waals surface area contributed by atoms with Crippen molar-refractivity contribution in [1.82, 2.24) is 15.1 Å². The van der Waals surface area contributed by atoms with Crippen molar-refractivity contribution in [1.29, 1.82) is 0 Å². The minimum absolute atomic E-state index is 0.0908. The van der Waals surface area contributed by atoms with Crippen LogP contribution in [0.3, 0.4) is 0 Å². The van der Waals surface area contributed by atoms with E-state index in [0.29, 0.717) is 11.3 Å². The number of anilines is 1. The lowest BCUT2D eigenvalue weighted by molar-refractivity contribution is -0.136. The summed E-state index contributed by atoms with van der Waals surface area (Å²) in [5, 5.41) is 5.71. The lowest BCUT2D eigenvalue weighted by atomic mass is 9.57. The van der Waals surface area contributed by atoms with Crippen LogP contribution in [-0.2, 0) is 14.3 Å². The molecular formula is C28H36N4O6. The molecule has 38 heavy (non-hydrogen) atoms. The second-order valence-corrected chi connectivity index (χ2v) is 12.2. The molecule has 204 valence electrons. The van der Waals surface area contributed by atoms with Gasteiger partial charge in [-0.2, -0.15) is 0 Å². The molecule has 0 bridgehead atoms. The maximum absolute atomic E-state index is 13.3. The quantitative estimate of drug-likeness (QED) is 0.578. The van der Waals surface area contributed by atoms with Crippen LogP contribution in [0.1, 0.15) is 92.9 Å². The van der Waals surface area contributed by atoms with E-state index < -0.39 is 35.3 Å². The summed E-state index contributed by atoms with van der Waals surface area (Å²) in [4.78, 5) is 65.5. The van der Waals surface area contributed by atoms with E-state index in [1.165, 1.54) is 0 Å². The Bertz CT molecular complexity index is 1190. The molecule has 1 saturated heterocycles. The number of rotatable bonds is 4. The third-order valence-electron chi connectivity index (χ3n) is 8.43. The number of hydrogen-bond donors (Lipinski definition) is 2. The topological polar surface area (TPSA) is 125 Å². The highest BCUT2D eigenvalue weighted by Crippen LogP contribution is 2.53. The average molecular weight is 525 g/mol. The highest BCUT2D eigenvalue weighted by atomic mass is 16.6. The largest absolute Gasteiger partial charge is 0.444 e. The van der Waals surface area contributed by atoms with Crippen LogP contribution in [0.25, 0.3) is 0 Å². The van der Waals surface area contributed by atoms with Gasteiger partial charge in [0.25, 0.3) is 11.8 Å². The van der Waals surface area contributed by atoms with Gasteiger partial charge in [0.15, 0.2) is 0 Å². The monoisotopic (exact) mass is 524 g/mol. The zero-order valence-corrected chi connectivity index (χ0v) is 22.5. The predicted octanol–water partition coefficient (Wildman–Crippen LogP) is 3.46. The summed E-state index contributed by atoms with van der Waals surface area (Å²) < 4.78 is 5.52. The number of nitrogens with zero attached hydrogens (tertiary/aromatic N) is 2. The number of ether oxygens (including phenoxy) is 1. The van der Waals surface area contributed by atoms with E-state index >= 15 is 0 Å². The third-order valence-corrected chi connectivity index (χ3v) is 8.43. The number of hydrogen-bond acceptors (Lipinski definition) is 7. The molecule has 3 fully saturated rings. The van der Waals surface area contributed by atoms with Gasteiger partial charge in [-0.05, 0) is 83.3 Å². The van der Waals surface area contributed by atoms with Crippen LogP contribution in [0, 0.1) is 5.41 Å². The van der Waals surface area contributed by atoms with Crippen molar-refractivity contribution in [2.75, 3.05) is 12.4 Å². The summed E-state index contributed by atoms with van der Waals surface area (Å²) in [6, 6.07) is 4.52. The van der Waals surface area contributed by atoms with Crippen molar-refractivity contribution < 1.29 is 28.7 Å². The van der Waals surface area contributed by atoms with Crippen molar-refractivity contribution in [2.45, 2.75) is 95.9 Å². The first-order valence-electron chi connectivity index (χ1n) is 13.4. The number of carbonyl (C=O) groups is 5. The van der Waals surface area contributed by atoms with Crippen molar-refractivity contribution in [2.24, 2.45) is 5.41 Å². The van der Waals surface area contributed by atoms with Crippen LogP contribution in [0.2, 0.25) is 0 Å². The van der Waals surface area contributed by atoms with E-state index in [1.54, 1.807) is 23.1 Å². The summed E-state index contributed by atoms with van der Waals surface area (Å²) in [6.07, 6.45) is 5.76. The van der Waals surface area contributed by atoms with Gasteiger partial charge in [-0.25, -0.2) is 4.79 Å². The number of imide groups is 2. The Labute approximate surface area is 222 Å². The molecule has 0 aromatic heterocycles. The SMILES string of the molecule is CN(C(=O)OC(C)(C)C)C1CCC2(CC1)CC(Nc1cccc3c1C(=O)N(C1CCC(=O)NC1=O)C3=O)C2. The first kappa shape index (κ1) is 26.2. The van der Waals surface area contributed by atoms with Gasteiger partial charge in [0.2, 0.25) is 11.8 Å². The highest BCUT2D eigenvalue weighted by Gasteiger charge is 2.49. The first-order chi connectivity index (χ1) is 17.9. The molecule has 5 amide bonds. The number of benzene rings is 1. The fourth-order valence-corrected chi connectivity index (χ4v) is 6.44. The van der Waals surface area contributed by atoms with Gasteiger partial charge in [0.05, 0.1) is 11.1 Å². The van der Waals surface area contributed by atoms with E-state index in [-0.39, 0.29) is 42.0 Å². The molecule has 1 spiro atoms. The predicted molar refractivity (Wildman–Crippen MR) is 138 cm³/mol. The van der Waals surface area contributed by atoms with E-state index in [1.807, 2.05) is 27.8 Å². The van der Waals surface area contributed by atoms with Crippen molar-refractivity contribution in [3.63, 3.8) is 0 Å². The molecule has 1 aromatic carbocycles. The van der Waals surface area contributed by atoms with Crippen molar-refractivity contribution >= 4 is 35.4 Å². The first-order valence-corrected chi connectivity index (χ1v) is 13.4. The molecule has 2 N–H and O–H groups in total. The van der Waals surface area contributed by atoms with Gasteiger partial charge in [-0.15, -0.1) is 0 Å². The standard InChI is InChI=1S/C28H36N4O6/c1-27(2,3)38-26(37)31(4)17-10-12-28(13-11-17)14-16(15-28)29-19-7-5-6-18-22(19)25(36)32(24(18)35)20-8-9-21(33)30-23(20)34/h5-7,16-17,20,29H,8-15H2,1-4H3,(H,30,33,34). The Morgan fingerprint density at radius 1 is 1.08 bits per heavy atom. The molecule has 10 heteroatoms. The molecule has 1 atom stereocenters. The Morgan fingerprint density at radius 2 is 1.76 bits per heavy atom. The number of amides is 5. The maximum atomic E-state index is 13.3. The van der Waals surface area contributed by atoms with Crippen molar-refractivity contribution in [3.8, 4) is 0 Å². The van der Waals surface area contributed by atoms with Gasteiger partial charge < -0.3 is 15.0 Å². The van der Waals surface area contributed by atoms with E-state index in [2.05, 4.69) is 10.6 Å². The molecule has 10 nitrogen and oxygen atoms in total. The summed E-state index contributed by atoms with van der Waals surface area (Å²) in [7, 11) is 1.81. The fraction of sp³-hybridized carbons (Fsp3) is 0.607. The summed E-state index contributed by atoms with van der Waals surface area (Å²) in [5.74, 6) is -2.00. The number of nitrogens with one attached hydrogen (secondary N) is 2. The van der Waals surface area contributed by atoms with Gasteiger partial charge in [-0.3, -0.25) is 29.4 Å². The molecule has 2 aliphatic carbocycles. The van der Waals surface area contributed by atoms with E-state index in [0.717, 1.165) is 43.4 Å². The van der Waals surface area contributed by atoms with Crippen LogP contribution in [-0.4, -0.2) is 70.3 Å². The molecule has 4 aliphatic rings. The smallest absolute Gasteiger partial charge is 0.410 e. The lowest BCUT2D eigenvalue weighted by Gasteiger charge is -2.53. The molecule has 2 aliphatic heterocycles. The van der Waals surface area contributed by atoms with Crippen LogP contribution < -0.4 is 10.6 Å². The average Bonchev–Trinajstić information content (AvgIpc) is 3.08. The normalized spacial score (nSPS) is 29.1. The minimum Gasteiger partial charge on any atom is -0.444 e. The van der Waals surface area contributed by atoms with E-state index in [9.17, 15) is 24.0 Å². The van der Waals surface area contributed by atoms with Crippen molar-refractivity contribution in [3.05, 3.63) is 29.3 Å². The van der Waals surface area contributed by atoms with E-state index in [4.69, 9.17) is 4.74 Å². The Balaban J connectivity index is 1.19. The zero-order valence-electron chi connectivity index (χ0n) is 22.5. The number of piperidine rings is 1. The number of carbonyl (C=O) groups excluding carboxylic acids is 5. The second kappa shape index (κ2) is 9.39. The third kappa shape index (κ3) is 4.76. The summed E-state index contributed by atoms with van der Waals surface area (Å²) in [6.45, 7) is 5.61. The Kier molecular flexibility index (Phi) is 6.47. The molecule has 5 rings (SSSR count).